The summed E-state index contributed by atoms with van der Waals surface area (Å²) in [5, 5.41) is 2.63. The number of benzene rings is 2. The van der Waals surface area contributed by atoms with E-state index in [1.54, 1.807) is 24.3 Å². The van der Waals surface area contributed by atoms with Crippen LogP contribution in [-0.2, 0) is 14.4 Å². The number of carbonyl (C=O) groups is 3. The molecule has 0 heterocycles. The minimum absolute atomic E-state index is 0.225. The Labute approximate surface area is 153 Å². The molecule has 0 aromatic heterocycles. The van der Waals surface area contributed by atoms with E-state index in [1.807, 2.05) is 26.0 Å². The van der Waals surface area contributed by atoms with Crippen LogP contribution < -0.4 is 16.0 Å². The number of nitrogens with zero attached hydrogens (tertiary/aromatic N) is 1. The van der Waals surface area contributed by atoms with Gasteiger partial charge in [-0.2, -0.15) is 0 Å². The number of amides is 3. The second-order valence-corrected chi connectivity index (χ2v) is 6.10. The molecule has 0 fully saturated rings. The number of para-hydroxylation sites is 1. The number of anilines is 3. The van der Waals surface area contributed by atoms with E-state index in [2.05, 4.69) is 5.32 Å². The molecule has 0 aliphatic carbocycles. The van der Waals surface area contributed by atoms with Crippen LogP contribution in [0.2, 0.25) is 0 Å². The van der Waals surface area contributed by atoms with Gasteiger partial charge in [-0.05, 0) is 48.2 Å². The average molecular weight is 353 g/mol. The number of hydrogen-bond donors (Lipinski definition) is 2. The molecule has 2 aromatic rings. The van der Waals surface area contributed by atoms with Crippen molar-refractivity contribution in [3.8, 4) is 0 Å². The molecule has 0 bridgehead atoms. The summed E-state index contributed by atoms with van der Waals surface area (Å²) in [4.78, 5) is 37.8. The smallest absolute Gasteiger partial charge is 0.323 e. The lowest BCUT2D eigenvalue weighted by atomic mass is 9.97. The van der Waals surface area contributed by atoms with Crippen molar-refractivity contribution in [3.63, 3.8) is 0 Å². The second-order valence-electron chi connectivity index (χ2n) is 6.10. The molecule has 3 N–H and O–H groups in total. The first-order chi connectivity index (χ1) is 12.3. The Morgan fingerprint density at radius 1 is 1.08 bits per heavy atom. The van der Waals surface area contributed by atoms with E-state index in [1.165, 1.54) is 19.1 Å². The molecule has 136 valence electrons. The largest absolute Gasteiger partial charge is 0.399 e. The third kappa shape index (κ3) is 4.27. The van der Waals surface area contributed by atoms with Crippen molar-refractivity contribution < 1.29 is 14.4 Å². The lowest BCUT2D eigenvalue weighted by Gasteiger charge is -2.20. The molecule has 6 heteroatoms. The summed E-state index contributed by atoms with van der Waals surface area (Å²) in [7, 11) is 0. The summed E-state index contributed by atoms with van der Waals surface area (Å²) >= 11 is 0. The molecular formula is C20H23N3O3. The molecule has 0 aliphatic rings. The maximum atomic E-state index is 12.6. The summed E-state index contributed by atoms with van der Waals surface area (Å²) < 4.78 is 0. The van der Waals surface area contributed by atoms with Gasteiger partial charge >= 0.3 is 11.8 Å². The minimum atomic E-state index is -0.943. The second kappa shape index (κ2) is 8.29. The molecule has 1 atom stereocenters. The van der Waals surface area contributed by atoms with Crippen molar-refractivity contribution in [2.24, 2.45) is 0 Å². The SMILES string of the molecule is CCC(C)c1ccccc1NC(=O)C(=O)N(C(C)=O)c1ccc(N)cc1. The topological polar surface area (TPSA) is 92.5 Å². The van der Waals surface area contributed by atoms with E-state index in [4.69, 9.17) is 5.73 Å². The number of imide groups is 1. The maximum absolute atomic E-state index is 12.6. The zero-order chi connectivity index (χ0) is 19.3. The molecule has 26 heavy (non-hydrogen) atoms. The molecule has 1 unspecified atom stereocenters. The number of rotatable bonds is 4. The Balaban J connectivity index is 2.27. The molecule has 0 aliphatic heterocycles. The van der Waals surface area contributed by atoms with Crippen LogP contribution in [0.5, 0.6) is 0 Å². The average Bonchev–Trinajstić information content (AvgIpc) is 2.63. The van der Waals surface area contributed by atoms with Crippen molar-refractivity contribution in [2.45, 2.75) is 33.1 Å². The maximum Gasteiger partial charge on any atom is 0.323 e. The van der Waals surface area contributed by atoms with Crippen LogP contribution in [0, 0.1) is 0 Å². The standard InChI is InChI=1S/C20H23N3O3/c1-4-13(2)17-7-5-6-8-18(17)22-19(25)20(26)23(14(3)24)16-11-9-15(21)10-12-16/h5-13H,4,21H2,1-3H3,(H,22,25). The highest BCUT2D eigenvalue weighted by molar-refractivity contribution is 6.48. The zero-order valence-corrected chi connectivity index (χ0v) is 15.2. The Kier molecular flexibility index (Phi) is 6.11. The van der Waals surface area contributed by atoms with Gasteiger partial charge in [0.25, 0.3) is 0 Å². The number of nitrogens with one attached hydrogen (secondary N) is 1. The zero-order valence-electron chi connectivity index (χ0n) is 15.2. The molecule has 2 rings (SSSR count). The fraction of sp³-hybridized carbons (Fsp3) is 0.250. The van der Waals surface area contributed by atoms with Gasteiger partial charge in [0.05, 0.1) is 5.69 Å². The summed E-state index contributed by atoms with van der Waals surface area (Å²) in [6.45, 7) is 5.32. The third-order valence-corrected chi connectivity index (χ3v) is 4.22. The fourth-order valence-electron chi connectivity index (χ4n) is 2.60. The highest BCUT2D eigenvalue weighted by Gasteiger charge is 2.27. The van der Waals surface area contributed by atoms with Crippen LogP contribution in [0.15, 0.2) is 48.5 Å². The van der Waals surface area contributed by atoms with Gasteiger partial charge in [0.1, 0.15) is 0 Å². The van der Waals surface area contributed by atoms with E-state index >= 15 is 0 Å². The highest BCUT2D eigenvalue weighted by Crippen LogP contribution is 2.26. The van der Waals surface area contributed by atoms with Gasteiger partial charge in [-0.15, -0.1) is 0 Å². The molecule has 0 saturated carbocycles. The van der Waals surface area contributed by atoms with Crippen molar-refractivity contribution in [3.05, 3.63) is 54.1 Å². The van der Waals surface area contributed by atoms with Crippen molar-refractivity contribution in [1.82, 2.24) is 0 Å². The first-order valence-electron chi connectivity index (χ1n) is 8.45. The first kappa shape index (κ1) is 19.2. The van der Waals surface area contributed by atoms with Gasteiger partial charge in [0.2, 0.25) is 5.91 Å². The van der Waals surface area contributed by atoms with E-state index < -0.39 is 17.7 Å². The van der Waals surface area contributed by atoms with E-state index in [-0.39, 0.29) is 5.92 Å². The Bertz CT molecular complexity index is 815. The Morgan fingerprint density at radius 2 is 1.69 bits per heavy atom. The first-order valence-corrected chi connectivity index (χ1v) is 8.45. The molecule has 2 aromatic carbocycles. The monoisotopic (exact) mass is 353 g/mol. The Hall–Kier alpha value is -3.15. The van der Waals surface area contributed by atoms with Gasteiger partial charge in [-0.25, -0.2) is 4.90 Å². The molecule has 3 amide bonds. The van der Waals surface area contributed by atoms with Crippen LogP contribution in [0.3, 0.4) is 0 Å². The molecular weight excluding hydrogens is 330 g/mol. The molecule has 0 radical (unpaired) electrons. The number of carbonyl (C=O) groups excluding carboxylic acids is 3. The third-order valence-electron chi connectivity index (χ3n) is 4.22. The van der Waals surface area contributed by atoms with Gasteiger partial charge in [0, 0.05) is 18.3 Å². The van der Waals surface area contributed by atoms with E-state index in [0.717, 1.165) is 16.9 Å². The van der Waals surface area contributed by atoms with Crippen LogP contribution in [0.1, 0.15) is 38.7 Å². The number of hydrogen-bond acceptors (Lipinski definition) is 4. The van der Waals surface area contributed by atoms with Crippen LogP contribution in [0.4, 0.5) is 17.1 Å². The van der Waals surface area contributed by atoms with E-state index in [9.17, 15) is 14.4 Å². The fourth-order valence-corrected chi connectivity index (χ4v) is 2.60. The minimum Gasteiger partial charge on any atom is -0.399 e. The van der Waals surface area contributed by atoms with Gasteiger partial charge in [0.15, 0.2) is 0 Å². The number of nitrogen functional groups attached to an aromatic ring is 1. The molecule has 0 saturated heterocycles. The van der Waals surface area contributed by atoms with Gasteiger partial charge < -0.3 is 11.1 Å². The van der Waals surface area contributed by atoms with Gasteiger partial charge in [-0.3, -0.25) is 14.4 Å². The predicted octanol–water partition coefficient (Wildman–Crippen LogP) is 3.30. The van der Waals surface area contributed by atoms with Crippen LogP contribution >= 0.6 is 0 Å². The van der Waals surface area contributed by atoms with Crippen LogP contribution in [-0.4, -0.2) is 17.7 Å². The van der Waals surface area contributed by atoms with E-state index in [0.29, 0.717) is 17.1 Å². The van der Waals surface area contributed by atoms with Gasteiger partial charge in [-0.1, -0.05) is 32.0 Å². The molecule has 6 nitrogen and oxygen atoms in total. The summed E-state index contributed by atoms with van der Waals surface area (Å²) in [5.74, 6) is -2.14. The lowest BCUT2D eigenvalue weighted by molar-refractivity contribution is -0.136. The summed E-state index contributed by atoms with van der Waals surface area (Å²) in [5.41, 5.74) is 7.93. The lowest BCUT2D eigenvalue weighted by Crippen LogP contribution is -2.42. The normalized spacial score (nSPS) is 11.5. The Morgan fingerprint density at radius 3 is 2.27 bits per heavy atom. The summed E-state index contributed by atoms with van der Waals surface area (Å²) in [6, 6.07) is 13.5. The van der Waals surface area contributed by atoms with Crippen molar-refractivity contribution >= 4 is 34.8 Å². The van der Waals surface area contributed by atoms with Crippen molar-refractivity contribution in [2.75, 3.05) is 16.0 Å². The number of nitrogens with two attached hydrogens (primary N) is 1. The molecule has 0 spiro atoms. The van der Waals surface area contributed by atoms with Crippen LogP contribution in [0.25, 0.3) is 0 Å². The summed E-state index contributed by atoms with van der Waals surface area (Å²) in [6.07, 6.45) is 0.895. The van der Waals surface area contributed by atoms with Crippen molar-refractivity contribution in [1.29, 1.82) is 0 Å². The predicted molar refractivity (Wildman–Crippen MR) is 103 cm³/mol. The highest BCUT2D eigenvalue weighted by atomic mass is 16.2. The quantitative estimate of drug-likeness (QED) is 0.651.